The minimum atomic E-state index is -1.06. The lowest BCUT2D eigenvalue weighted by Crippen LogP contribution is -2.41. The van der Waals surface area contributed by atoms with Crippen molar-refractivity contribution in [1.29, 1.82) is 0 Å². The number of carbonyl (C=O) groups is 3. The van der Waals surface area contributed by atoms with Crippen molar-refractivity contribution < 1.29 is 24.2 Å². The van der Waals surface area contributed by atoms with Gasteiger partial charge in [0.1, 0.15) is 11.8 Å². The predicted molar refractivity (Wildman–Crippen MR) is 99.3 cm³/mol. The molecule has 0 aromatic heterocycles. The fraction of sp³-hybridized carbons (Fsp3) is 0.450. The highest BCUT2D eigenvalue weighted by molar-refractivity contribution is 5.97. The average molecular weight is 361 g/mol. The van der Waals surface area contributed by atoms with Crippen molar-refractivity contribution in [3.63, 3.8) is 0 Å². The monoisotopic (exact) mass is 361 g/mol. The van der Waals surface area contributed by atoms with Crippen LogP contribution < -0.4 is 10.1 Å². The molecule has 0 aliphatic carbocycles. The van der Waals surface area contributed by atoms with E-state index in [4.69, 9.17) is 4.74 Å². The molecule has 0 saturated carbocycles. The van der Waals surface area contributed by atoms with Crippen LogP contribution in [0.4, 0.5) is 0 Å². The molecule has 2 N–H and O–H groups in total. The zero-order chi connectivity index (χ0) is 19.9. The van der Waals surface area contributed by atoms with Gasteiger partial charge in [-0.3, -0.25) is 9.59 Å². The van der Waals surface area contributed by atoms with Crippen LogP contribution in [0.2, 0.25) is 0 Å². The number of hydrogen-bond acceptors (Lipinski definition) is 4. The molecular weight excluding hydrogens is 334 g/mol. The van der Waals surface area contributed by atoms with Gasteiger partial charge in [-0.05, 0) is 48.1 Å². The summed E-state index contributed by atoms with van der Waals surface area (Å²) >= 11 is 0. The summed E-state index contributed by atoms with van der Waals surface area (Å²) in [6.45, 7) is 11.2. The summed E-state index contributed by atoms with van der Waals surface area (Å²) in [5.41, 5.74) is 0.830. The van der Waals surface area contributed by atoms with Gasteiger partial charge in [-0.2, -0.15) is 0 Å². The number of Topliss-reactive ketones (excluding diaryl/α,β-unsaturated/α-hetero) is 1. The molecule has 1 aromatic carbocycles. The maximum absolute atomic E-state index is 12.2. The molecule has 1 aromatic rings. The Labute approximate surface area is 154 Å². The molecule has 6 heteroatoms. The highest BCUT2D eigenvalue weighted by atomic mass is 16.5. The number of carboxylic acids is 1. The molecule has 0 aliphatic rings. The van der Waals surface area contributed by atoms with Crippen molar-refractivity contribution in [2.24, 2.45) is 11.8 Å². The topological polar surface area (TPSA) is 92.7 Å². The third-order valence-corrected chi connectivity index (χ3v) is 3.85. The van der Waals surface area contributed by atoms with Gasteiger partial charge in [0, 0.05) is 5.56 Å². The lowest BCUT2D eigenvalue weighted by atomic mass is 10.0. The minimum absolute atomic E-state index is 0.0604. The van der Waals surface area contributed by atoms with Crippen LogP contribution >= 0.6 is 0 Å². The quantitative estimate of drug-likeness (QED) is 0.625. The first-order valence-electron chi connectivity index (χ1n) is 8.60. The number of ketones is 1. The lowest BCUT2D eigenvalue weighted by molar-refractivity contribution is -0.139. The van der Waals surface area contributed by atoms with Gasteiger partial charge in [0.2, 0.25) is 0 Å². The fourth-order valence-corrected chi connectivity index (χ4v) is 2.20. The van der Waals surface area contributed by atoms with Crippen LogP contribution in [-0.2, 0) is 9.59 Å². The van der Waals surface area contributed by atoms with Gasteiger partial charge in [-0.1, -0.05) is 34.3 Å². The third kappa shape index (κ3) is 6.70. The van der Waals surface area contributed by atoms with E-state index in [2.05, 4.69) is 11.9 Å². The smallest absolute Gasteiger partial charge is 0.326 e. The first-order chi connectivity index (χ1) is 12.1. The largest absolute Gasteiger partial charge is 0.485 e. The first kappa shape index (κ1) is 21.4. The van der Waals surface area contributed by atoms with Gasteiger partial charge in [-0.25, -0.2) is 4.79 Å². The zero-order valence-electron chi connectivity index (χ0n) is 15.7. The lowest BCUT2D eigenvalue weighted by Gasteiger charge is -2.16. The molecule has 6 nitrogen and oxygen atoms in total. The number of aliphatic carboxylic acids is 1. The van der Waals surface area contributed by atoms with E-state index in [0.717, 1.165) is 0 Å². The maximum atomic E-state index is 12.2. The molecule has 0 radical (unpaired) electrons. The van der Waals surface area contributed by atoms with Crippen LogP contribution in [0.15, 0.2) is 36.4 Å². The van der Waals surface area contributed by atoms with Gasteiger partial charge >= 0.3 is 5.97 Å². The zero-order valence-corrected chi connectivity index (χ0v) is 15.7. The van der Waals surface area contributed by atoms with E-state index < -0.39 is 17.9 Å². The van der Waals surface area contributed by atoms with Gasteiger partial charge in [0.05, 0.1) is 0 Å². The van der Waals surface area contributed by atoms with Gasteiger partial charge < -0.3 is 15.2 Å². The number of rotatable bonds is 10. The Hall–Kier alpha value is -2.63. The molecule has 0 spiro atoms. The third-order valence-electron chi connectivity index (χ3n) is 3.85. The van der Waals surface area contributed by atoms with Gasteiger partial charge in [-0.15, -0.1) is 0 Å². The Morgan fingerprint density at radius 3 is 2.15 bits per heavy atom. The molecule has 1 amide bonds. The maximum Gasteiger partial charge on any atom is 0.326 e. The molecule has 1 rings (SSSR count). The summed E-state index contributed by atoms with van der Waals surface area (Å²) in [4.78, 5) is 35.3. The van der Waals surface area contributed by atoms with E-state index >= 15 is 0 Å². The summed E-state index contributed by atoms with van der Waals surface area (Å²) in [7, 11) is 0. The second-order valence-electron chi connectivity index (χ2n) is 6.91. The molecule has 26 heavy (non-hydrogen) atoms. The number of nitrogens with one attached hydrogen (secondary N) is 1. The van der Waals surface area contributed by atoms with Crippen LogP contribution in [0.1, 0.15) is 44.5 Å². The second kappa shape index (κ2) is 9.75. The van der Waals surface area contributed by atoms with Gasteiger partial charge in [0.15, 0.2) is 12.4 Å². The van der Waals surface area contributed by atoms with Gasteiger partial charge in [0.25, 0.3) is 5.91 Å². The standard InChI is InChI=1S/C20H27NO5/c1-12(2)10-17(20(24)25)21-19(23)15-6-8-16(9-7-15)26-11-18(22)14(5)13(3)4/h6-9,12-13,17H,5,10-11H2,1-4H3,(H,21,23)(H,24,25). The fourth-order valence-electron chi connectivity index (χ4n) is 2.20. The molecule has 0 saturated heterocycles. The summed E-state index contributed by atoms with van der Waals surface area (Å²) in [6.07, 6.45) is 0.351. The van der Waals surface area contributed by atoms with Crippen molar-refractivity contribution in [2.75, 3.05) is 6.61 Å². The van der Waals surface area contributed by atoms with E-state index in [9.17, 15) is 19.5 Å². The highest BCUT2D eigenvalue weighted by Crippen LogP contribution is 2.15. The summed E-state index contributed by atoms with van der Waals surface area (Å²) in [6, 6.07) is 5.26. The van der Waals surface area contributed by atoms with Crippen LogP contribution in [0, 0.1) is 11.8 Å². The Bertz CT molecular complexity index is 661. The number of carbonyl (C=O) groups excluding carboxylic acids is 2. The Morgan fingerprint density at radius 2 is 1.69 bits per heavy atom. The van der Waals surface area contributed by atoms with Crippen molar-refractivity contribution in [3.8, 4) is 5.75 Å². The first-order valence-corrected chi connectivity index (χ1v) is 8.60. The Kier molecular flexibility index (Phi) is 8.03. The average Bonchev–Trinajstić information content (AvgIpc) is 2.58. The molecule has 0 heterocycles. The van der Waals surface area contributed by atoms with E-state index in [1.807, 2.05) is 27.7 Å². The van der Waals surface area contributed by atoms with E-state index in [0.29, 0.717) is 23.3 Å². The van der Waals surface area contributed by atoms with Crippen molar-refractivity contribution in [3.05, 3.63) is 42.0 Å². The molecule has 0 aliphatic heterocycles. The van der Waals surface area contributed by atoms with Crippen LogP contribution in [0.25, 0.3) is 0 Å². The van der Waals surface area contributed by atoms with Crippen molar-refractivity contribution in [1.82, 2.24) is 5.32 Å². The normalized spacial score (nSPS) is 11.9. The van der Waals surface area contributed by atoms with E-state index in [1.165, 1.54) is 12.1 Å². The molecular formula is C20H27NO5. The van der Waals surface area contributed by atoms with Crippen LogP contribution in [-0.4, -0.2) is 35.4 Å². The molecule has 0 fully saturated rings. The Balaban J connectivity index is 2.66. The van der Waals surface area contributed by atoms with E-state index in [-0.39, 0.29) is 24.2 Å². The molecule has 142 valence electrons. The SMILES string of the molecule is C=C(C(=O)COc1ccc(C(=O)NC(CC(C)C)C(=O)O)cc1)C(C)C. The summed E-state index contributed by atoms with van der Waals surface area (Å²) < 4.78 is 5.41. The van der Waals surface area contributed by atoms with Crippen LogP contribution in [0.5, 0.6) is 5.75 Å². The minimum Gasteiger partial charge on any atom is -0.485 e. The molecule has 0 bridgehead atoms. The van der Waals surface area contributed by atoms with Crippen molar-refractivity contribution in [2.45, 2.75) is 40.2 Å². The highest BCUT2D eigenvalue weighted by Gasteiger charge is 2.21. The number of benzene rings is 1. The number of amides is 1. The van der Waals surface area contributed by atoms with Crippen LogP contribution in [0.3, 0.4) is 0 Å². The molecule has 1 atom stereocenters. The predicted octanol–water partition coefficient (Wildman–Crippen LogP) is 3.08. The second-order valence-corrected chi connectivity index (χ2v) is 6.91. The number of hydrogen-bond donors (Lipinski definition) is 2. The summed E-state index contributed by atoms with van der Waals surface area (Å²) in [5, 5.41) is 11.7. The number of carboxylic acid groups (broad SMARTS) is 1. The number of ether oxygens (including phenoxy) is 1. The van der Waals surface area contributed by atoms with Crippen molar-refractivity contribution >= 4 is 17.7 Å². The molecule has 1 unspecified atom stereocenters. The Morgan fingerprint density at radius 1 is 1.12 bits per heavy atom. The van der Waals surface area contributed by atoms with E-state index in [1.54, 1.807) is 12.1 Å². The summed E-state index contributed by atoms with van der Waals surface area (Å²) in [5.74, 6) is -1.04.